The molecule has 33 heavy (non-hydrogen) atoms. The zero-order valence-electron chi connectivity index (χ0n) is 20.6. The number of amides is 2. The highest BCUT2D eigenvalue weighted by Gasteiger charge is 2.17. The third-order valence-corrected chi connectivity index (χ3v) is 5.88. The Labute approximate surface area is 199 Å². The van der Waals surface area contributed by atoms with Gasteiger partial charge < -0.3 is 15.4 Å². The smallest absolute Gasteiger partial charge is 0.224 e. The first-order valence-corrected chi connectivity index (χ1v) is 12.2. The largest absolute Gasteiger partial charge is 0.493 e. The van der Waals surface area contributed by atoms with Gasteiger partial charge in [0, 0.05) is 13.0 Å². The van der Waals surface area contributed by atoms with E-state index < -0.39 is 0 Å². The van der Waals surface area contributed by atoms with E-state index in [0.717, 1.165) is 36.1 Å². The number of carbonyl (C=O) groups is 2. The molecule has 0 fully saturated rings. The molecule has 3 atom stereocenters. The van der Waals surface area contributed by atoms with E-state index in [4.69, 9.17) is 4.74 Å². The monoisotopic (exact) mass is 452 g/mol. The average Bonchev–Trinajstić information content (AvgIpc) is 2.81. The first-order valence-electron chi connectivity index (χ1n) is 12.2. The van der Waals surface area contributed by atoms with Crippen LogP contribution in [-0.2, 0) is 16.0 Å². The van der Waals surface area contributed by atoms with Crippen LogP contribution in [0.25, 0.3) is 0 Å². The summed E-state index contributed by atoms with van der Waals surface area (Å²) in [6.07, 6.45) is 4.04. The third-order valence-electron chi connectivity index (χ3n) is 5.88. The summed E-state index contributed by atoms with van der Waals surface area (Å²) in [6.45, 7) is 9.56. The Hall–Kier alpha value is -2.82. The minimum atomic E-state index is -0.310. The molecule has 5 nitrogen and oxygen atoms in total. The summed E-state index contributed by atoms with van der Waals surface area (Å²) >= 11 is 0. The van der Waals surface area contributed by atoms with Gasteiger partial charge in [0.15, 0.2) is 0 Å². The summed E-state index contributed by atoms with van der Waals surface area (Å²) in [7, 11) is 0. The fourth-order valence-corrected chi connectivity index (χ4v) is 3.64. The average molecular weight is 453 g/mol. The quantitative estimate of drug-likeness (QED) is 0.400. The van der Waals surface area contributed by atoms with E-state index in [-0.39, 0.29) is 17.9 Å². The van der Waals surface area contributed by atoms with Crippen LogP contribution in [0.5, 0.6) is 5.75 Å². The van der Waals surface area contributed by atoms with Gasteiger partial charge in [-0.2, -0.15) is 0 Å². The fourth-order valence-electron chi connectivity index (χ4n) is 3.64. The lowest BCUT2D eigenvalue weighted by atomic mass is 10.0. The Morgan fingerprint density at radius 2 is 1.61 bits per heavy atom. The van der Waals surface area contributed by atoms with Crippen molar-refractivity contribution in [3.05, 3.63) is 65.7 Å². The second-order valence-electron chi connectivity index (χ2n) is 9.08. The van der Waals surface area contributed by atoms with Crippen LogP contribution in [0.4, 0.5) is 0 Å². The minimum absolute atomic E-state index is 0.0107. The topological polar surface area (TPSA) is 67.4 Å². The normalized spacial score (nSPS) is 13.6. The van der Waals surface area contributed by atoms with E-state index in [1.165, 1.54) is 0 Å². The van der Waals surface area contributed by atoms with E-state index in [9.17, 15) is 9.59 Å². The first kappa shape index (κ1) is 26.4. The molecule has 2 N–H and O–H groups in total. The number of hydrogen-bond acceptors (Lipinski definition) is 3. The van der Waals surface area contributed by atoms with Crippen LogP contribution in [0.15, 0.2) is 54.6 Å². The molecule has 2 aromatic carbocycles. The summed E-state index contributed by atoms with van der Waals surface area (Å²) < 4.78 is 5.91. The van der Waals surface area contributed by atoms with Crippen LogP contribution in [0.3, 0.4) is 0 Å². The van der Waals surface area contributed by atoms with Crippen LogP contribution in [-0.4, -0.2) is 25.0 Å². The summed E-state index contributed by atoms with van der Waals surface area (Å²) in [4.78, 5) is 25.1. The highest BCUT2D eigenvalue weighted by molar-refractivity contribution is 5.79. The summed E-state index contributed by atoms with van der Waals surface area (Å²) in [5, 5.41) is 6.10. The van der Waals surface area contributed by atoms with Gasteiger partial charge in [-0.05, 0) is 41.5 Å². The van der Waals surface area contributed by atoms with Crippen LogP contribution in [0.1, 0.15) is 70.5 Å². The molecule has 180 valence electrons. The Kier molecular flexibility index (Phi) is 11.5. The summed E-state index contributed by atoms with van der Waals surface area (Å²) in [5.74, 6) is 1.60. The van der Waals surface area contributed by atoms with Crippen LogP contribution >= 0.6 is 0 Å². The Morgan fingerprint density at radius 3 is 2.24 bits per heavy atom. The maximum absolute atomic E-state index is 12.7. The van der Waals surface area contributed by atoms with Crippen molar-refractivity contribution in [3.63, 3.8) is 0 Å². The Balaban J connectivity index is 2.03. The van der Waals surface area contributed by atoms with Gasteiger partial charge in [-0.1, -0.05) is 83.0 Å². The molecule has 0 aliphatic rings. The minimum Gasteiger partial charge on any atom is -0.493 e. The molecule has 2 rings (SSSR count). The van der Waals surface area contributed by atoms with Crippen molar-refractivity contribution < 1.29 is 14.3 Å². The van der Waals surface area contributed by atoms with Gasteiger partial charge in [0.1, 0.15) is 5.75 Å². The molecule has 0 saturated heterocycles. The second kappa shape index (κ2) is 14.4. The molecule has 0 aliphatic carbocycles. The molecule has 0 bridgehead atoms. The van der Waals surface area contributed by atoms with Gasteiger partial charge in [0.25, 0.3) is 0 Å². The zero-order valence-corrected chi connectivity index (χ0v) is 20.6. The van der Waals surface area contributed by atoms with Gasteiger partial charge in [0.2, 0.25) is 11.8 Å². The van der Waals surface area contributed by atoms with Gasteiger partial charge in [-0.3, -0.25) is 9.59 Å². The number of benzene rings is 2. The van der Waals surface area contributed by atoms with Gasteiger partial charge in [-0.15, -0.1) is 0 Å². The van der Waals surface area contributed by atoms with E-state index >= 15 is 0 Å². The van der Waals surface area contributed by atoms with Gasteiger partial charge in [-0.25, -0.2) is 0 Å². The van der Waals surface area contributed by atoms with Crippen molar-refractivity contribution in [2.45, 2.75) is 65.8 Å². The van der Waals surface area contributed by atoms with Crippen LogP contribution in [0.2, 0.25) is 0 Å². The lowest BCUT2D eigenvalue weighted by Crippen LogP contribution is -2.38. The number of hydrogen-bond donors (Lipinski definition) is 2. The standard InChI is InChI=1S/C28H40N2O3/c1-5-10-22(4)20-33-25-15-13-24(14-16-25)26(19-29-27(31)17-21(3)6-2)30-28(32)18-23-11-8-7-9-12-23/h7-9,11-16,21-22,26H,5-6,10,17-20H2,1-4H3,(H,29,31)(H,30,32)/t21-,22?,26-/m0/s1. The van der Waals surface area contributed by atoms with E-state index in [0.29, 0.717) is 37.8 Å². The first-order chi connectivity index (χ1) is 15.9. The Morgan fingerprint density at radius 1 is 0.909 bits per heavy atom. The molecule has 0 radical (unpaired) electrons. The van der Waals surface area contributed by atoms with E-state index in [1.807, 2.05) is 54.6 Å². The molecular formula is C28H40N2O3. The molecule has 0 aliphatic heterocycles. The number of nitrogens with one attached hydrogen (secondary N) is 2. The van der Waals surface area contributed by atoms with Crippen molar-refractivity contribution in [2.75, 3.05) is 13.2 Å². The number of ether oxygens (including phenoxy) is 1. The zero-order chi connectivity index (χ0) is 24.1. The molecule has 2 amide bonds. The van der Waals surface area contributed by atoms with Crippen molar-refractivity contribution in [1.29, 1.82) is 0 Å². The number of carbonyl (C=O) groups excluding carboxylic acids is 2. The van der Waals surface area contributed by atoms with Crippen molar-refractivity contribution >= 4 is 11.8 Å². The molecule has 0 spiro atoms. The fraction of sp³-hybridized carbons (Fsp3) is 0.500. The SMILES string of the molecule is CCCC(C)COc1ccc([C@H](CNC(=O)C[C@@H](C)CC)NC(=O)Cc2ccccc2)cc1. The predicted octanol–water partition coefficient (Wildman–Crippen LogP) is 5.45. The van der Waals surface area contributed by atoms with Crippen molar-refractivity contribution in [3.8, 4) is 5.75 Å². The maximum Gasteiger partial charge on any atom is 0.224 e. The predicted molar refractivity (Wildman–Crippen MR) is 134 cm³/mol. The number of rotatable bonds is 14. The van der Waals surface area contributed by atoms with Crippen molar-refractivity contribution in [2.24, 2.45) is 11.8 Å². The molecule has 1 unspecified atom stereocenters. The van der Waals surface area contributed by atoms with Gasteiger partial charge in [0.05, 0.1) is 19.1 Å². The molecule has 5 heteroatoms. The molecule has 0 saturated carbocycles. The summed E-state index contributed by atoms with van der Waals surface area (Å²) in [6, 6.07) is 17.2. The maximum atomic E-state index is 12.7. The third kappa shape index (κ3) is 10.1. The van der Waals surface area contributed by atoms with Gasteiger partial charge >= 0.3 is 0 Å². The second-order valence-corrected chi connectivity index (χ2v) is 9.08. The molecule has 0 heterocycles. The van der Waals surface area contributed by atoms with E-state index in [2.05, 4.69) is 38.3 Å². The van der Waals surface area contributed by atoms with Crippen molar-refractivity contribution in [1.82, 2.24) is 10.6 Å². The molecule has 2 aromatic rings. The lowest BCUT2D eigenvalue weighted by Gasteiger charge is -2.21. The van der Waals surface area contributed by atoms with E-state index in [1.54, 1.807) is 0 Å². The van der Waals surface area contributed by atoms with Crippen LogP contribution in [0, 0.1) is 11.8 Å². The summed E-state index contributed by atoms with van der Waals surface area (Å²) in [5.41, 5.74) is 1.90. The Bertz CT molecular complexity index is 836. The highest BCUT2D eigenvalue weighted by Crippen LogP contribution is 2.19. The highest BCUT2D eigenvalue weighted by atomic mass is 16.5. The molecular weight excluding hydrogens is 412 g/mol. The lowest BCUT2D eigenvalue weighted by molar-refractivity contribution is -0.123. The van der Waals surface area contributed by atoms with Crippen LogP contribution < -0.4 is 15.4 Å². The molecule has 0 aromatic heterocycles.